The highest BCUT2D eigenvalue weighted by Gasteiger charge is 2.22. The van der Waals surface area contributed by atoms with Crippen LogP contribution < -0.4 is 0 Å². The number of rotatable bonds is 9. The number of halogens is 1. The average molecular weight is 454 g/mol. The van der Waals surface area contributed by atoms with Crippen molar-refractivity contribution in [1.29, 1.82) is 0 Å². The average Bonchev–Trinajstić information content (AvgIpc) is 3.40. The zero-order valence-corrected chi connectivity index (χ0v) is 18.0. The molecule has 0 aliphatic rings. The summed E-state index contributed by atoms with van der Waals surface area (Å²) in [7, 11) is -2.36. The fourth-order valence-corrected chi connectivity index (χ4v) is 4.41. The second kappa shape index (κ2) is 9.45. The molecule has 0 N–H and O–H groups in total. The van der Waals surface area contributed by atoms with Crippen LogP contribution in [0.2, 0.25) is 0 Å². The fraction of sp³-hybridized carbons (Fsp3) is 0.316. The van der Waals surface area contributed by atoms with E-state index < -0.39 is 27.9 Å². The first-order valence-electron chi connectivity index (χ1n) is 9.06. The minimum absolute atomic E-state index is 0.0134. The van der Waals surface area contributed by atoms with Gasteiger partial charge in [0.25, 0.3) is 11.8 Å². The summed E-state index contributed by atoms with van der Waals surface area (Å²) in [6.07, 6.45) is -0.453. The highest BCUT2D eigenvalue weighted by Crippen LogP contribution is 2.26. The highest BCUT2D eigenvalue weighted by atomic mass is 32.2. The van der Waals surface area contributed by atoms with E-state index in [-0.39, 0.29) is 30.2 Å². The molecule has 160 valence electrons. The molecule has 1 atom stereocenters. The number of nitrogens with zero attached hydrogens (tertiary/aromatic N) is 3. The minimum atomic E-state index is -3.76. The molecule has 0 amide bonds. The maximum absolute atomic E-state index is 13.0. The van der Waals surface area contributed by atoms with Gasteiger partial charge in [-0.05, 0) is 49.1 Å². The van der Waals surface area contributed by atoms with Gasteiger partial charge < -0.3 is 9.15 Å². The molecule has 1 aromatic carbocycles. The Kier molecular flexibility index (Phi) is 6.95. The van der Waals surface area contributed by atoms with E-state index in [4.69, 9.17) is 9.15 Å². The second-order valence-electron chi connectivity index (χ2n) is 6.44. The van der Waals surface area contributed by atoms with E-state index in [9.17, 15) is 17.6 Å². The molecule has 0 radical (unpaired) electrons. The monoisotopic (exact) mass is 453 g/mol. The molecule has 0 spiro atoms. The van der Waals surface area contributed by atoms with Crippen molar-refractivity contribution < 1.29 is 26.8 Å². The van der Waals surface area contributed by atoms with E-state index in [0.29, 0.717) is 5.89 Å². The number of hydrogen-bond acceptors (Lipinski definition) is 8. The van der Waals surface area contributed by atoms with Crippen LogP contribution in [0.25, 0.3) is 10.8 Å². The zero-order valence-electron chi connectivity index (χ0n) is 16.3. The Morgan fingerprint density at radius 2 is 2.00 bits per heavy atom. The van der Waals surface area contributed by atoms with Crippen molar-refractivity contribution in [1.82, 2.24) is 14.5 Å². The van der Waals surface area contributed by atoms with Crippen molar-refractivity contribution in [3.63, 3.8) is 0 Å². The number of aromatic nitrogens is 2. The molecule has 30 heavy (non-hydrogen) atoms. The van der Waals surface area contributed by atoms with Crippen LogP contribution in [0.1, 0.15) is 31.8 Å². The van der Waals surface area contributed by atoms with E-state index >= 15 is 0 Å². The Hall–Kier alpha value is -2.63. The van der Waals surface area contributed by atoms with Gasteiger partial charge in [-0.15, -0.1) is 21.5 Å². The van der Waals surface area contributed by atoms with Crippen molar-refractivity contribution >= 4 is 27.3 Å². The Labute approximate surface area is 177 Å². The van der Waals surface area contributed by atoms with Gasteiger partial charge in [-0.3, -0.25) is 4.79 Å². The van der Waals surface area contributed by atoms with Crippen LogP contribution in [0.15, 0.2) is 51.1 Å². The van der Waals surface area contributed by atoms with Crippen molar-refractivity contribution in [3.05, 3.63) is 53.5 Å². The van der Waals surface area contributed by atoms with E-state index in [1.54, 1.807) is 6.92 Å². The van der Waals surface area contributed by atoms with E-state index in [1.165, 1.54) is 30.5 Å². The van der Waals surface area contributed by atoms with Crippen molar-refractivity contribution in [2.75, 3.05) is 13.6 Å². The van der Waals surface area contributed by atoms with Crippen LogP contribution in [0.4, 0.5) is 4.39 Å². The van der Waals surface area contributed by atoms with Crippen LogP contribution >= 0.6 is 11.3 Å². The second-order valence-corrected chi connectivity index (χ2v) is 9.43. The maximum Gasteiger partial charge on any atom is 0.306 e. The number of carbonyl (C=O) groups excluding carboxylic acids is 1. The van der Waals surface area contributed by atoms with Gasteiger partial charge in [-0.1, -0.05) is 6.07 Å². The van der Waals surface area contributed by atoms with Gasteiger partial charge in [0.05, 0.1) is 9.77 Å². The molecule has 2 aromatic heterocycles. The molecular formula is C19H20FN3O5S2. The first-order valence-corrected chi connectivity index (χ1v) is 11.4. The molecule has 0 aliphatic heterocycles. The van der Waals surface area contributed by atoms with Crippen LogP contribution in [0.3, 0.4) is 0 Å². The number of benzene rings is 1. The van der Waals surface area contributed by atoms with E-state index in [0.717, 1.165) is 21.3 Å². The first-order chi connectivity index (χ1) is 14.3. The van der Waals surface area contributed by atoms with Crippen LogP contribution in [-0.2, 0) is 19.6 Å². The quantitative estimate of drug-likeness (QED) is 0.456. The van der Waals surface area contributed by atoms with Crippen molar-refractivity contribution in [2.45, 2.75) is 30.8 Å². The minimum Gasteiger partial charge on any atom is -0.453 e. The first kappa shape index (κ1) is 22.1. The fourth-order valence-electron chi connectivity index (χ4n) is 2.56. The molecule has 1 unspecified atom stereocenters. The summed E-state index contributed by atoms with van der Waals surface area (Å²) in [5, 5.41) is 9.73. The topological polar surface area (TPSA) is 103 Å². The molecular weight excluding hydrogens is 433 g/mol. The third-order valence-corrected chi connectivity index (χ3v) is 6.93. The van der Waals surface area contributed by atoms with E-state index in [1.807, 2.05) is 17.5 Å². The van der Waals surface area contributed by atoms with Crippen LogP contribution in [-0.4, -0.2) is 42.5 Å². The normalized spacial score (nSPS) is 12.8. The number of sulfonamides is 1. The molecule has 11 heteroatoms. The number of thiophene rings is 1. The summed E-state index contributed by atoms with van der Waals surface area (Å²) in [6.45, 7) is 1.72. The third kappa shape index (κ3) is 5.29. The smallest absolute Gasteiger partial charge is 0.306 e. The summed E-state index contributed by atoms with van der Waals surface area (Å²) in [4.78, 5) is 12.9. The molecule has 0 saturated heterocycles. The summed E-state index contributed by atoms with van der Waals surface area (Å²) >= 11 is 1.45. The SMILES string of the molecule is CC(OC(=O)CCCN(C)S(=O)(=O)c1ccc(F)cc1)c1nnc(-c2cccs2)o1. The van der Waals surface area contributed by atoms with Crippen molar-refractivity contribution in [2.24, 2.45) is 0 Å². The molecule has 8 nitrogen and oxygen atoms in total. The number of carbonyl (C=O) groups is 1. The van der Waals surface area contributed by atoms with Gasteiger partial charge in [-0.2, -0.15) is 0 Å². The largest absolute Gasteiger partial charge is 0.453 e. The van der Waals surface area contributed by atoms with Gasteiger partial charge in [0.1, 0.15) is 5.82 Å². The third-order valence-electron chi connectivity index (χ3n) is 4.20. The van der Waals surface area contributed by atoms with Gasteiger partial charge in [-0.25, -0.2) is 17.1 Å². The maximum atomic E-state index is 13.0. The number of hydrogen-bond donors (Lipinski definition) is 0. The molecule has 3 rings (SSSR count). The lowest BCUT2D eigenvalue weighted by atomic mass is 10.3. The van der Waals surface area contributed by atoms with Gasteiger partial charge >= 0.3 is 5.97 Å². The van der Waals surface area contributed by atoms with Crippen molar-refractivity contribution in [3.8, 4) is 10.8 Å². The van der Waals surface area contributed by atoms with Gasteiger partial charge in [0.2, 0.25) is 10.0 Å². The Bertz CT molecular complexity index is 1080. The van der Waals surface area contributed by atoms with Gasteiger partial charge in [0.15, 0.2) is 6.10 Å². The lowest BCUT2D eigenvalue weighted by Gasteiger charge is -2.17. The lowest BCUT2D eigenvalue weighted by molar-refractivity contribution is -0.149. The Balaban J connectivity index is 1.48. The van der Waals surface area contributed by atoms with E-state index in [2.05, 4.69) is 10.2 Å². The number of ether oxygens (including phenoxy) is 1. The highest BCUT2D eigenvalue weighted by molar-refractivity contribution is 7.89. The molecule has 0 aliphatic carbocycles. The lowest BCUT2D eigenvalue weighted by Crippen LogP contribution is -2.28. The molecule has 0 fully saturated rings. The predicted molar refractivity (Wildman–Crippen MR) is 108 cm³/mol. The molecule has 3 aromatic rings. The summed E-state index contributed by atoms with van der Waals surface area (Å²) < 4.78 is 49.8. The van der Waals surface area contributed by atoms with Crippen LogP contribution in [0.5, 0.6) is 0 Å². The summed E-state index contributed by atoms with van der Waals surface area (Å²) in [5.41, 5.74) is 0. The Morgan fingerprint density at radius 1 is 1.27 bits per heavy atom. The number of esters is 1. The zero-order chi connectivity index (χ0) is 21.7. The molecule has 0 saturated carbocycles. The molecule has 0 bridgehead atoms. The summed E-state index contributed by atoms with van der Waals surface area (Å²) in [6, 6.07) is 8.27. The standard InChI is InChI=1S/C19H20FN3O5S2/c1-13(18-21-22-19(28-18)16-5-4-12-29-16)27-17(24)6-3-11-23(2)30(25,26)15-9-7-14(20)8-10-15/h4-5,7-10,12-13H,3,6,11H2,1-2H3. The van der Waals surface area contributed by atoms with Crippen LogP contribution in [0, 0.1) is 5.82 Å². The van der Waals surface area contributed by atoms with Gasteiger partial charge in [0, 0.05) is 20.0 Å². The predicted octanol–water partition coefficient (Wildman–Crippen LogP) is 3.64. The summed E-state index contributed by atoms with van der Waals surface area (Å²) in [5.74, 6) is -0.485. The molecule has 2 heterocycles. The Morgan fingerprint density at radius 3 is 2.67 bits per heavy atom.